The first-order chi connectivity index (χ1) is 21.8. The fraction of sp³-hybridized carbons (Fsp3) is 0. The molecule has 0 amide bonds. The summed E-state index contributed by atoms with van der Waals surface area (Å²) in [7, 11) is 0. The van der Waals surface area contributed by atoms with E-state index < -0.39 is 0 Å². The van der Waals surface area contributed by atoms with Crippen LogP contribution in [-0.4, -0.2) is 0 Å². The lowest BCUT2D eigenvalue weighted by atomic mass is 9.81. The summed E-state index contributed by atoms with van der Waals surface area (Å²) >= 11 is 0. The third-order valence-corrected chi connectivity index (χ3v) is 9.23. The predicted molar refractivity (Wildman–Crippen MR) is 190 cm³/mol. The summed E-state index contributed by atoms with van der Waals surface area (Å²) in [5.41, 5.74) is 7.60. The zero-order chi connectivity index (χ0) is 29.0. The average molecular weight is 557 g/mol. The second-order valence-corrected chi connectivity index (χ2v) is 11.6. The lowest BCUT2D eigenvalue weighted by Gasteiger charge is -2.22. The Balaban J connectivity index is 1.52. The van der Waals surface area contributed by atoms with Gasteiger partial charge in [-0.05, 0) is 93.3 Å². The van der Waals surface area contributed by atoms with Gasteiger partial charge in [0.05, 0.1) is 0 Å². The minimum Gasteiger partial charge on any atom is -0.0616 e. The highest BCUT2D eigenvalue weighted by Gasteiger charge is 2.21. The molecule has 0 spiro atoms. The topological polar surface area (TPSA) is 0 Å². The molecule has 0 fully saturated rings. The van der Waals surface area contributed by atoms with Crippen LogP contribution in [-0.2, 0) is 0 Å². The first-order valence-electron chi connectivity index (χ1n) is 15.3. The van der Waals surface area contributed by atoms with Crippen LogP contribution in [0.3, 0.4) is 0 Å². The Labute approximate surface area is 256 Å². The van der Waals surface area contributed by atoms with E-state index in [9.17, 15) is 0 Å². The van der Waals surface area contributed by atoms with Gasteiger partial charge in [0.25, 0.3) is 0 Å². The van der Waals surface area contributed by atoms with Gasteiger partial charge in [0.1, 0.15) is 0 Å². The van der Waals surface area contributed by atoms with E-state index in [0.29, 0.717) is 0 Å². The third-order valence-electron chi connectivity index (χ3n) is 9.23. The van der Waals surface area contributed by atoms with Gasteiger partial charge in [-0.2, -0.15) is 0 Å². The zero-order valence-electron chi connectivity index (χ0n) is 24.2. The van der Waals surface area contributed by atoms with Crippen molar-refractivity contribution in [1.29, 1.82) is 0 Å². The summed E-state index contributed by atoms with van der Waals surface area (Å²) in [6.45, 7) is 0. The molecule has 0 radical (unpaired) electrons. The van der Waals surface area contributed by atoms with E-state index >= 15 is 0 Å². The molecule has 9 aromatic rings. The Hall–Kier alpha value is -5.72. The summed E-state index contributed by atoms with van der Waals surface area (Å²) in [6, 6.07) is 62.4. The maximum Gasteiger partial charge on any atom is -0.00139 e. The second kappa shape index (κ2) is 9.93. The number of hydrogen-bond donors (Lipinski definition) is 0. The molecular weight excluding hydrogens is 528 g/mol. The summed E-state index contributed by atoms with van der Waals surface area (Å²) < 4.78 is 0. The molecule has 0 atom stereocenters. The molecule has 204 valence electrons. The van der Waals surface area contributed by atoms with E-state index in [1.54, 1.807) is 0 Å². The highest BCUT2D eigenvalue weighted by atomic mass is 14.2. The van der Waals surface area contributed by atoms with Crippen molar-refractivity contribution in [2.24, 2.45) is 0 Å². The maximum absolute atomic E-state index is 2.35. The van der Waals surface area contributed by atoms with Crippen molar-refractivity contribution in [3.8, 4) is 33.4 Å². The normalized spacial score (nSPS) is 11.6. The van der Waals surface area contributed by atoms with Crippen LogP contribution in [0.2, 0.25) is 0 Å². The van der Waals surface area contributed by atoms with Crippen molar-refractivity contribution in [1.82, 2.24) is 0 Å². The van der Waals surface area contributed by atoms with Gasteiger partial charge in [-0.25, -0.2) is 0 Å². The summed E-state index contributed by atoms with van der Waals surface area (Å²) in [4.78, 5) is 0. The second-order valence-electron chi connectivity index (χ2n) is 11.6. The first kappa shape index (κ1) is 24.8. The minimum absolute atomic E-state index is 1.23. The minimum atomic E-state index is 1.23. The smallest absolute Gasteiger partial charge is 0.00139 e. The Morgan fingerprint density at radius 1 is 0.250 bits per heavy atom. The summed E-state index contributed by atoms with van der Waals surface area (Å²) in [5, 5.41) is 12.7. The van der Waals surface area contributed by atoms with Gasteiger partial charge in [-0.15, -0.1) is 0 Å². The van der Waals surface area contributed by atoms with Gasteiger partial charge >= 0.3 is 0 Å². The van der Waals surface area contributed by atoms with Gasteiger partial charge in [0.15, 0.2) is 0 Å². The fourth-order valence-electron chi connectivity index (χ4n) is 7.28. The highest BCUT2D eigenvalue weighted by Crippen LogP contribution is 2.49. The third kappa shape index (κ3) is 3.78. The van der Waals surface area contributed by atoms with E-state index in [1.165, 1.54) is 87.2 Å². The Morgan fingerprint density at radius 3 is 1.39 bits per heavy atom. The number of hydrogen-bond acceptors (Lipinski definition) is 0. The molecule has 0 saturated heterocycles. The average Bonchev–Trinajstić information content (AvgIpc) is 3.10. The lowest BCUT2D eigenvalue weighted by Crippen LogP contribution is -1.94. The van der Waals surface area contributed by atoms with Crippen LogP contribution in [0.4, 0.5) is 0 Å². The molecule has 9 rings (SSSR count). The standard InChI is InChI=1S/C44H28/c1-2-15-32-28-33(27-26-29(32)12-1)36-22-11-25-41-42(37-23-9-16-30-13-3-5-18-34(30)37)39-20-7-8-21-40(39)44(43(36)41)38-24-10-17-31-14-4-6-19-35(31)38/h1-28H. The summed E-state index contributed by atoms with van der Waals surface area (Å²) in [5.74, 6) is 0. The van der Waals surface area contributed by atoms with E-state index in [2.05, 4.69) is 170 Å². The number of fused-ring (bicyclic) bond motifs is 5. The van der Waals surface area contributed by atoms with Crippen LogP contribution in [0.25, 0.3) is 87.2 Å². The molecule has 44 heavy (non-hydrogen) atoms. The van der Waals surface area contributed by atoms with Gasteiger partial charge in [-0.3, -0.25) is 0 Å². The van der Waals surface area contributed by atoms with Crippen LogP contribution >= 0.6 is 0 Å². The Morgan fingerprint density at radius 2 is 0.705 bits per heavy atom. The highest BCUT2D eigenvalue weighted by molar-refractivity contribution is 6.28. The molecule has 0 bridgehead atoms. The van der Waals surface area contributed by atoms with Crippen LogP contribution in [0.15, 0.2) is 170 Å². The maximum atomic E-state index is 2.35. The van der Waals surface area contributed by atoms with Crippen molar-refractivity contribution in [3.05, 3.63) is 170 Å². The first-order valence-corrected chi connectivity index (χ1v) is 15.3. The van der Waals surface area contributed by atoms with E-state index in [4.69, 9.17) is 0 Å². The molecule has 0 saturated carbocycles. The van der Waals surface area contributed by atoms with Crippen molar-refractivity contribution in [2.75, 3.05) is 0 Å². The molecule has 9 aromatic carbocycles. The number of rotatable bonds is 3. The van der Waals surface area contributed by atoms with Gasteiger partial charge in [0, 0.05) is 0 Å². The summed E-state index contributed by atoms with van der Waals surface area (Å²) in [6.07, 6.45) is 0. The molecule has 0 N–H and O–H groups in total. The zero-order valence-corrected chi connectivity index (χ0v) is 24.2. The number of benzene rings is 9. The molecule has 0 aliphatic heterocycles. The molecular formula is C44H28. The monoisotopic (exact) mass is 556 g/mol. The predicted octanol–water partition coefficient (Wildman–Crippen LogP) is 12.5. The Kier molecular flexibility index (Phi) is 5.61. The fourth-order valence-corrected chi connectivity index (χ4v) is 7.28. The largest absolute Gasteiger partial charge is 0.0616 e. The van der Waals surface area contributed by atoms with Crippen LogP contribution in [0, 0.1) is 0 Å². The van der Waals surface area contributed by atoms with Crippen LogP contribution in [0.1, 0.15) is 0 Å². The van der Waals surface area contributed by atoms with Gasteiger partial charge in [0.2, 0.25) is 0 Å². The van der Waals surface area contributed by atoms with E-state index in [-0.39, 0.29) is 0 Å². The van der Waals surface area contributed by atoms with Crippen molar-refractivity contribution in [2.45, 2.75) is 0 Å². The lowest BCUT2D eigenvalue weighted by molar-refractivity contribution is 1.66. The molecule has 0 aliphatic rings. The van der Waals surface area contributed by atoms with Crippen molar-refractivity contribution in [3.63, 3.8) is 0 Å². The van der Waals surface area contributed by atoms with Crippen molar-refractivity contribution >= 4 is 53.9 Å². The Bertz CT molecular complexity index is 2540. The van der Waals surface area contributed by atoms with E-state index in [1.807, 2.05) is 0 Å². The van der Waals surface area contributed by atoms with Gasteiger partial charge < -0.3 is 0 Å². The van der Waals surface area contributed by atoms with Crippen LogP contribution in [0.5, 0.6) is 0 Å². The van der Waals surface area contributed by atoms with Crippen molar-refractivity contribution < 1.29 is 0 Å². The molecule has 0 nitrogen and oxygen atoms in total. The quantitative estimate of drug-likeness (QED) is 0.190. The molecule has 0 aliphatic carbocycles. The molecule has 0 heterocycles. The van der Waals surface area contributed by atoms with E-state index in [0.717, 1.165) is 0 Å². The van der Waals surface area contributed by atoms with Gasteiger partial charge in [-0.1, -0.05) is 164 Å². The van der Waals surface area contributed by atoms with Crippen LogP contribution < -0.4 is 0 Å². The molecule has 0 unspecified atom stereocenters. The molecule has 0 heteroatoms. The molecule has 0 aromatic heterocycles. The SMILES string of the molecule is c1ccc2cc(-c3cccc4c(-c5cccc6ccccc56)c5ccccc5c(-c5cccc6ccccc56)c34)ccc2c1.